The summed E-state index contributed by atoms with van der Waals surface area (Å²) in [7, 11) is 0. The highest BCUT2D eigenvalue weighted by molar-refractivity contribution is 6.09. The van der Waals surface area contributed by atoms with Gasteiger partial charge in [-0.3, -0.25) is 4.99 Å². The lowest BCUT2D eigenvalue weighted by Crippen LogP contribution is -2.15. The van der Waals surface area contributed by atoms with Gasteiger partial charge in [0.05, 0.1) is 16.8 Å². The van der Waals surface area contributed by atoms with Crippen molar-refractivity contribution in [2.45, 2.75) is 25.3 Å². The number of carboxylic acid groups (broad SMARTS) is 1. The number of nitrogens with zero attached hydrogens (tertiary/aromatic N) is 3. The number of nitrogens with two attached hydrogens (primary N) is 1. The largest absolute Gasteiger partial charge is 0.478 e. The molecule has 23 heavy (non-hydrogen) atoms. The highest BCUT2D eigenvalue weighted by Crippen LogP contribution is 2.36. The molecule has 1 heterocycles. The minimum atomic E-state index is -1.13. The Hall–Kier alpha value is -3.07. The summed E-state index contributed by atoms with van der Waals surface area (Å²) in [6.45, 7) is 0. The fraction of sp³-hybridized carbons (Fsp3) is 0.235. The Kier molecular flexibility index (Phi) is 3.85. The van der Waals surface area contributed by atoms with Crippen LogP contribution in [0.4, 0.5) is 5.69 Å². The first-order valence-corrected chi connectivity index (χ1v) is 7.38. The van der Waals surface area contributed by atoms with Crippen molar-refractivity contribution in [2.75, 3.05) is 0 Å². The molecule has 0 bridgehead atoms. The van der Waals surface area contributed by atoms with Gasteiger partial charge in [-0.25, -0.2) is 4.79 Å². The van der Waals surface area contributed by atoms with E-state index in [1.54, 1.807) is 6.07 Å². The average molecular weight is 308 g/mol. The van der Waals surface area contributed by atoms with Crippen molar-refractivity contribution in [3.05, 3.63) is 41.7 Å². The Bertz CT molecular complexity index is 867. The highest BCUT2D eigenvalue weighted by Gasteiger charge is 2.22. The highest BCUT2D eigenvalue weighted by atomic mass is 16.4. The van der Waals surface area contributed by atoms with Gasteiger partial charge in [0.25, 0.3) is 0 Å². The standard InChI is InChI=1S/C17H16N4O2/c18-7-11(17(22)23)9-20-13-4-5-16-15(6-13)12(8-19)10-21(16)14-2-1-3-14/h4-7,9-10,14H,1-3,18H2,(H,22,23). The number of aliphatic imine (C=N–C) groups is 1. The number of carboxylic acids is 1. The van der Waals surface area contributed by atoms with Crippen molar-refractivity contribution in [2.24, 2.45) is 10.7 Å². The Morgan fingerprint density at radius 3 is 2.83 bits per heavy atom. The molecule has 1 aliphatic carbocycles. The summed E-state index contributed by atoms with van der Waals surface area (Å²) in [4.78, 5) is 15.0. The van der Waals surface area contributed by atoms with E-state index in [1.165, 1.54) is 12.6 Å². The van der Waals surface area contributed by atoms with Crippen LogP contribution in [-0.2, 0) is 4.79 Å². The van der Waals surface area contributed by atoms with E-state index in [2.05, 4.69) is 15.6 Å². The van der Waals surface area contributed by atoms with Crippen LogP contribution in [0.25, 0.3) is 10.9 Å². The van der Waals surface area contributed by atoms with E-state index < -0.39 is 5.97 Å². The normalized spacial score (nSPS) is 15.7. The Morgan fingerprint density at radius 1 is 1.48 bits per heavy atom. The fourth-order valence-electron chi connectivity index (χ4n) is 2.69. The van der Waals surface area contributed by atoms with Crippen molar-refractivity contribution in [3.8, 4) is 6.07 Å². The second kappa shape index (κ2) is 5.97. The molecule has 1 aromatic heterocycles. The molecule has 0 amide bonds. The van der Waals surface area contributed by atoms with Gasteiger partial charge in [-0.2, -0.15) is 5.26 Å². The van der Waals surface area contributed by atoms with Crippen LogP contribution in [0.15, 0.2) is 41.2 Å². The maximum Gasteiger partial charge on any atom is 0.338 e. The number of hydrogen-bond acceptors (Lipinski definition) is 4. The molecule has 0 aliphatic heterocycles. The lowest BCUT2D eigenvalue weighted by Gasteiger charge is -2.27. The zero-order valence-electron chi connectivity index (χ0n) is 12.4. The first-order chi connectivity index (χ1) is 11.1. The molecule has 1 aliphatic rings. The van der Waals surface area contributed by atoms with Crippen molar-refractivity contribution < 1.29 is 9.90 Å². The molecular weight excluding hydrogens is 292 g/mol. The zero-order valence-corrected chi connectivity index (χ0v) is 12.4. The summed E-state index contributed by atoms with van der Waals surface area (Å²) in [5, 5.41) is 19.1. The summed E-state index contributed by atoms with van der Waals surface area (Å²) >= 11 is 0. The first kappa shape index (κ1) is 14.9. The molecule has 0 unspecified atom stereocenters. The lowest BCUT2D eigenvalue weighted by atomic mass is 9.93. The van der Waals surface area contributed by atoms with Crippen LogP contribution in [-0.4, -0.2) is 21.9 Å². The summed E-state index contributed by atoms with van der Waals surface area (Å²) in [6, 6.07) is 8.22. The van der Waals surface area contributed by atoms with Crippen LogP contribution in [0.3, 0.4) is 0 Å². The van der Waals surface area contributed by atoms with E-state index in [1.807, 2.05) is 18.3 Å². The number of nitriles is 1. The molecule has 1 fully saturated rings. The van der Waals surface area contributed by atoms with Crippen molar-refractivity contribution in [3.63, 3.8) is 0 Å². The topological polar surface area (TPSA) is 104 Å². The minimum absolute atomic E-state index is 0.0855. The number of aromatic nitrogens is 1. The molecule has 1 aromatic carbocycles. The summed E-state index contributed by atoms with van der Waals surface area (Å²) in [6.07, 6.45) is 7.59. The Balaban J connectivity index is 2.00. The van der Waals surface area contributed by atoms with Crippen molar-refractivity contribution in [1.29, 1.82) is 5.26 Å². The first-order valence-electron chi connectivity index (χ1n) is 7.38. The monoisotopic (exact) mass is 308 g/mol. The van der Waals surface area contributed by atoms with E-state index in [4.69, 9.17) is 10.8 Å². The van der Waals surface area contributed by atoms with Crippen LogP contribution in [0.5, 0.6) is 0 Å². The van der Waals surface area contributed by atoms with Gasteiger partial charge in [-0.1, -0.05) is 0 Å². The molecule has 0 saturated heterocycles. The van der Waals surface area contributed by atoms with Gasteiger partial charge >= 0.3 is 5.97 Å². The van der Waals surface area contributed by atoms with Gasteiger partial charge in [0.1, 0.15) is 6.07 Å². The maximum absolute atomic E-state index is 10.9. The number of rotatable bonds is 4. The van der Waals surface area contributed by atoms with E-state index in [0.29, 0.717) is 17.3 Å². The lowest BCUT2D eigenvalue weighted by molar-refractivity contribution is -0.132. The number of fused-ring (bicyclic) bond motifs is 1. The zero-order chi connectivity index (χ0) is 16.4. The van der Waals surface area contributed by atoms with Crippen LogP contribution in [0.1, 0.15) is 30.9 Å². The third-order valence-corrected chi connectivity index (χ3v) is 4.18. The number of aliphatic carboxylic acids is 1. The number of carbonyl (C=O) groups is 1. The molecule has 1 saturated carbocycles. The number of hydrogen-bond donors (Lipinski definition) is 2. The molecule has 2 aromatic rings. The number of benzene rings is 1. The van der Waals surface area contributed by atoms with Crippen LogP contribution in [0, 0.1) is 11.3 Å². The molecule has 3 N–H and O–H groups in total. The molecule has 6 nitrogen and oxygen atoms in total. The molecule has 0 spiro atoms. The van der Waals surface area contributed by atoms with Crippen LogP contribution >= 0.6 is 0 Å². The van der Waals surface area contributed by atoms with E-state index in [-0.39, 0.29) is 5.57 Å². The average Bonchev–Trinajstić information content (AvgIpc) is 2.84. The smallest absolute Gasteiger partial charge is 0.338 e. The Morgan fingerprint density at radius 2 is 2.26 bits per heavy atom. The summed E-state index contributed by atoms with van der Waals surface area (Å²) < 4.78 is 2.16. The molecule has 6 heteroatoms. The van der Waals surface area contributed by atoms with Crippen molar-refractivity contribution >= 4 is 28.8 Å². The van der Waals surface area contributed by atoms with Crippen LogP contribution in [0.2, 0.25) is 0 Å². The minimum Gasteiger partial charge on any atom is -0.478 e. The molecule has 0 atom stereocenters. The van der Waals surface area contributed by atoms with Gasteiger partial charge in [0, 0.05) is 35.6 Å². The Labute approximate surface area is 133 Å². The second-order valence-electron chi connectivity index (χ2n) is 5.53. The summed E-state index contributed by atoms with van der Waals surface area (Å²) in [5.74, 6) is -1.13. The van der Waals surface area contributed by atoms with Gasteiger partial charge in [0.2, 0.25) is 0 Å². The van der Waals surface area contributed by atoms with Gasteiger partial charge < -0.3 is 15.4 Å². The van der Waals surface area contributed by atoms with Gasteiger partial charge in [-0.05, 0) is 37.5 Å². The van der Waals surface area contributed by atoms with E-state index >= 15 is 0 Å². The van der Waals surface area contributed by atoms with Crippen molar-refractivity contribution in [1.82, 2.24) is 4.57 Å². The second-order valence-corrected chi connectivity index (χ2v) is 5.53. The summed E-state index contributed by atoms with van der Waals surface area (Å²) in [5.41, 5.74) is 7.37. The molecular formula is C17H16N4O2. The van der Waals surface area contributed by atoms with Gasteiger partial charge in [0.15, 0.2) is 0 Å². The predicted octanol–water partition coefficient (Wildman–Crippen LogP) is 2.87. The van der Waals surface area contributed by atoms with Gasteiger partial charge in [-0.15, -0.1) is 0 Å². The predicted molar refractivity (Wildman–Crippen MR) is 87.6 cm³/mol. The fourth-order valence-corrected chi connectivity index (χ4v) is 2.69. The molecule has 3 rings (SSSR count). The maximum atomic E-state index is 10.9. The third kappa shape index (κ3) is 2.69. The van der Waals surface area contributed by atoms with E-state index in [0.717, 1.165) is 29.9 Å². The molecule has 0 radical (unpaired) electrons. The SMILES string of the molecule is N#Cc1cn(C2CCC2)c2ccc(N=CC(=CN)C(=O)O)cc12. The van der Waals surface area contributed by atoms with Crippen LogP contribution < -0.4 is 5.73 Å². The quantitative estimate of drug-likeness (QED) is 0.669. The molecule has 116 valence electrons. The third-order valence-electron chi connectivity index (χ3n) is 4.18. The van der Waals surface area contributed by atoms with E-state index in [9.17, 15) is 10.1 Å².